The molecule has 1 N–H and O–H groups in total. The lowest BCUT2D eigenvalue weighted by Crippen LogP contribution is -2.38. The Labute approximate surface area is 178 Å². The Balaban J connectivity index is 1.53. The van der Waals surface area contributed by atoms with E-state index < -0.39 is 0 Å². The van der Waals surface area contributed by atoms with Gasteiger partial charge in [-0.05, 0) is 53.6 Å². The van der Waals surface area contributed by atoms with Crippen molar-refractivity contribution in [2.45, 2.75) is 13.0 Å². The van der Waals surface area contributed by atoms with Crippen LogP contribution in [0.2, 0.25) is 5.02 Å². The molecular weight excluding hydrogens is 407 g/mol. The maximum Gasteiger partial charge on any atom is 0.265 e. The molecule has 3 aromatic carbocycles. The molecule has 30 heavy (non-hydrogen) atoms. The van der Waals surface area contributed by atoms with Crippen LogP contribution in [0, 0.1) is 5.82 Å². The van der Waals surface area contributed by atoms with Crippen LogP contribution in [-0.2, 0) is 22.6 Å². The number of carbonyl (C=O) groups is 2. The number of ether oxygens (including phenoxy) is 1. The zero-order chi connectivity index (χ0) is 21.1. The summed E-state index contributed by atoms with van der Waals surface area (Å²) in [4.78, 5) is 26.5. The largest absolute Gasteiger partial charge is 0.482 e. The van der Waals surface area contributed by atoms with Crippen molar-refractivity contribution in [3.05, 3.63) is 88.7 Å². The molecule has 3 aromatic rings. The van der Waals surface area contributed by atoms with Crippen molar-refractivity contribution in [2.24, 2.45) is 0 Å². The van der Waals surface area contributed by atoms with Gasteiger partial charge in [0.2, 0.25) is 5.91 Å². The smallest absolute Gasteiger partial charge is 0.265 e. The summed E-state index contributed by atoms with van der Waals surface area (Å²) in [6.45, 7) is 0.284. The Morgan fingerprint density at radius 2 is 1.87 bits per heavy atom. The molecule has 1 aliphatic rings. The van der Waals surface area contributed by atoms with Gasteiger partial charge in [0.15, 0.2) is 6.61 Å². The number of nitrogens with zero attached hydrogens (tertiary/aromatic N) is 1. The van der Waals surface area contributed by atoms with Crippen LogP contribution >= 0.6 is 11.6 Å². The molecule has 0 fully saturated rings. The van der Waals surface area contributed by atoms with E-state index in [0.717, 1.165) is 5.56 Å². The van der Waals surface area contributed by atoms with E-state index in [2.05, 4.69) is 5.32 Å². The van der Waals surface area contributed by atoms with Crippen LogP contribution in [0.5, 0.6) is 5.75 Å². The second-order valence-corrected chi connectivity index (χ2v) is 7.37. The molecule has 4 rings (SSSR count). The van der Waals surface area contributed by atoms with Crippen molar-refractivity contribution in [1.82, 2.24) is 0 Å². The van der Waals surface area contributed by atoms with Crippen molar-refractivity contribution in [2.75, 3.05) is 16.8 Å². The Morgan fingerprint density at radius 1 is 1.07 bits per heavy atom. The molecule has 7 heteroatoms. The lowest BCUT2D eigenvalue weighted by Gasteiger charge is -2.30. The maximum absolute atomic E-state index is 13.0. The predicted molar refractivity (Wildman–Crippen MR) is 113 cm³/mol. The highest BCUT2D eigenvalue weighted by atomic mass is 35.5. The van der Waals surface area contributed by atoms with Crippen LogP contribution in [0.4, 0.5) is 15.8 Å². The van der Waals surface area contributed by atoms with E-state index in [-0.39, 0.29) is 30.7 Å². The summed E-state index contributed by atoms with van der Waals surface area (Å²) < 4.78 is 18.6. The molecule has 1 aliphatic heterocycles. The predicted octanol–water partition coefficient (Wildman–Crippen LogP) is 4.59. The highest BCUT2D eigenvalue weighted by molar-refractivity contribution is 6.30. The van der Waals surface area contributed by atoms with E-state index in [1.165, 1.54) is 12.1 Å². The standard InChI is InChI=1S/C23H18ClFN2O3/c24-17-3-1-2-16(10-17)13-27-20-12-19(8-9-21(20)30-14-23(27)29)26-22(28)11-15-4-6-18(25)7-5-15/h1-10,12H,11,13-14H2,(H,26,28). The second kappa shape index (κ2) is 8.55. The fraction of sp³-hybridized carbons (Fsp3) is 0.130. The van der Waals surface area contributed by atoms with Crippen molar-refractivity contribution in [3.8, 4) is 5.75 Å². The minimum absolute atomic E-state index is 0.0517. The molecule has 0 saturated carbocycles. The van der Waals surface area contributed by atoms with E-state index in [4.69, 9.17) is 16.3 Å². The van der Waals surface area contributed by atoms with Gasteiger partial charge in [-0.3, -0.25) is 9.59 Å². The van der Waals surface area contributed by atoms with Crippen LogP contribution in [0.3, 0.4) is 0 Å². The van der Waals surface area contributed by atoms with Gasteiger partial charge >= 0.3 is 0 Å². The lowest BCUT2D eigenvalue weighted by atomic mass is 10.1. The summed E-state index contributed by atoms with van der Waals surface area (Å²) in [6, 6.07) is 18.2. The van der Waals surface area contributed by atoms with E-state index in [0.29, 0.717) is 34.3 Å². The summed E-state index contributed by atoms with van der Waals surface area (Å²) in [7, 11) is 0. The average Bonchev–Trinajstić information content (AvgIpc) is 2.72. The first-order valence-corrected chi connectivity index (χ1v) is 9.72. The molecule has 0 saturated heterocycles. The topological polar surface area (TPSA) is 58.6 Å². The maximum atomic E-state index is 13.0. The van der Waals surface area contributed by atoms with Crippen molar-refractivity contribution >= 4 is 34.8 Å². The highest BCUT2D eigenvalue weighted by Crippen LogP contribution is 2.35. The summed E-state index contributed by atoms with van der Waals surface area (Å²) in [5.41, 5.74) is 2.70. The molecule has 0 atom stereocenters. The molecule has 0 radical (unpaired) electrons. The Kier molecular flexibility index (Phi) is 5.68. The van der Waals surface area contributed by atoms with Crippen molar-refractivity contribution in [3.63, 3.8) is 0 Å². The van der Waals surface area contributed by atoms with Crippen LogP contribution in [-0.4, -0.2) is 18.4 Å². The molecule has 0 aromatic heterocycles. The quantitative estimate of drug-likeness (QED) is 0.652. The van der Waals surface area contributed by atoms with Gasteiger partial charge in [-0.1, -0.05) is 35.9 Å². The summed E-state index contributed by atoms with van der Waals surface area (Å²) in [6.07, 6.45) is 0.110. The summed E-state index contributed by atoms with van der Waals surface area (Å²) in [5, 5.41) is 3.41. The van der Waals surface area contributed by atoms with Crippen molar-refractivity contribution < 1.29 is 18.7 Å². The molecule has 0 bridgehead atoms. The molecule has 0 aliphatic carbocycles. The van der Waals surface area contributed by atoms with Crippen LogP contribution < -0.4 is 15.0 Å². The summed E-state index contributed by atoms with van der Waals surface area (Å²) >= 11 is 6.06. The number of amides is 2. The number of nitrogens with one attached hydrogen (secondary N) is 1. The van der Waals surface area contributed by atoms with Crippen molar-refractivity contribution in [1.29, 1.82) is 0 Å². The van der Waals surface area contributed by atoms with Gasteiger partial charge in [0, 0.05) is 10.7 Å². The first kappa shape index (κ1) is 19.9. The number of carbonyl (C=O) groups excluding carboxylic acids is 2. The number of fused-ring (bicyclic) bond motifs is 1. The number of anilines is 2. The number of hydrogen-bond acceptors (Lipinski definition) is 3. The van der Waals surface area contributed by atoms with Gasteiger partial charge < -0.3 is 15.0 Å². The highest BCUT2D eigenvalue weighted by Gasteiger charge is 2.26. The first-order valence-electron chi connectivity index (χ1n) is 9.34. The van der Waals surface area contributed by atoms with Gasteiger partial charge in [-0.25, -0.2) is 4.39 Å². The van der Waals surface area contributed by atoms with Gasteiger partial charge in [0.25, 0.3) is 5.91 Å². The van der Waals surface area contributed by atoms with E-state index in [9.17, 15) is 14.0 Å². The molecule has 152 valence electrons. The molecule has 0 unspecified atom stereocenters. The van der Waals surface area contributed by atoms with Crippen LogP contribution in [0.1, 0.15) is 11.1 Å². The lowest BCUT2D eigenvalue weighted by molar-refractivity contribution is -0.121. The second-order valence-electron chi connectivity index (χ2n) is 6.93. The van der Waals surface area contributed by atoms with Crippen LogP contribution in [0.25, 0.3) is 0 Å². The Bertz CT molecular complexity index is 1100. The molecule has 1 heterocycles. The van der Waals surface area contributed by atoms with Gasteiger partial charge in [-0.15, -0.1) is 0 Å². The number of hydrogen-bond donors (Lipinski definition) is 1. The van der Waals surface area contributed by atoms with Crippen LogP contribution in [0.15, 0.2) is 66.7 Å². The minimum Gasteiger partial charge on any atom is -0.482 e. The number of rotatable bonds is 5. The molecule has 0 spiro atoms. The van der Waals surface area contributed by atoms with E-state index >= 15 is 0 Å². The monoisotopic (exact) mass is 424 g/mol. The Hall–Kier alpha value is -3.38. The fourth-order valence-electron chi connectivity index (χ4n) is 3.26. The Morgan fingerprint density at radius 3 is 2.63 bits per heavy atom. The third kappa shape index (κ3) is 4.60. The average molecular weight is 425 g/mol. The molecular formula is C23H18ClFN2O3. The third-order valence-electron chi connectivity index (χ3n) is 4.69. The zero-order valence-corrected chi connectivity index (χ0v) is 16.7. The van der Waals surface area contributed by atoms with E-state index in [1.54, 1.807) is 47.4 Å². The third-order valence-corrected chi connectivity index (χ3v) is 4.93. The summed E-state index contributed by atoms with van der Waals surface area (Å²) in [5.74, 6) is -0.213. The molecule has 5 nitrogen and oxygen atoms in total. The fourth-order valence-corrected chi connectivity index (χ4v) is 3.48. The zero-order valence-electron chi connectivity index (χ0n) is 15.9. The number of benzene rings is 3. The van der Waals surface area contributed by atoms with E-state index in [1.807, 2.05) is 12.1 Å². The first-order chi connectivity index (χ1) is 14.5. The van der Waals surface area contributed by atoms with Gasteiger partial charge in [0.05, 0.1) is 18.7 Å². The number of halogens is 2. The normalized spacial score (nSPS) is 12.9. The van der Waals surface area contributed by atoms with Gasteiger partial charge in [0.1, 0.15) is 11.6 Å². The minimum atomic E-state index is -0.349. The SMILES string of the molecule is O=C(Cc1ccc(F)cc1)Nc1ccc2c(c1)N(Cc1cccc(Cl)c1)C(=O)CO2. The molecule has 2 amide bonds. The van der Waals surface area contributed by atoms with Gasteiger partial charge in [-0.2, -0.15) is 0 Å².